The highest BCUT2D eigenvalue weighted by molar-refractivity contribution is 5.78. The van der Waals surface area contributed by atoms with Crippen molar-refractivity contribution in [2.75, 3.05) is 23.3 Å². The predicted molar refractivity (Wildman–Crippen MR) is 107 cm³/mol. The van der Waals surface area contributed by atoms with E-state index in [1.807, 2.05) is 18.5 Å². The molecule has 9 heteroatoms. The molecule has 0 radical (unpaired) electrons. The normalized spacial score (nSPS) is 15.3. The molecule has 4 rings (SSSR count). The molecule has 1 aliphatic heterocycles. The predicted octanol–water partition coefficient (Wildman–Crippen LogP) is 2.25. The van der Waals surface area contributed by atoms with Gasteiger partial charge in [-0.2, -0.15) is 4.98 Å². The first-order valence-electron chi connectivity index (χ1n) is 9.48. The Hall–Kier alpha value is -3.23. The van der Waals surface area contributed by atoms with Crippen molar-refractivity contribution in [2.45, 2.75) is 32.7 Å². The number of hydrogen-bond acceptors (Lipinski definition) is 7. The van der Waals surface area contributed by atoms with Crippen molar-refractivity contribution in [3.63, 3.8) is 0 Å². The summed E-state index contributed by atoms with van der Waals surface area (Å²) in [5.74, 6) is 1.73. The lowest BCUT2D eigenvalue weighted by Gasteiger charge is -2.30. The van der Waals surface area contributed by atoms with E-state index in [2.05, 4.69) is 48.6 Å². The second kappa shape index (κ2) is 7.41. The van der Waals surface area contributed by atoms with Crippen molar-refractivity contribution in [3.05, 3.63) is 30.9 Å². The summed E-state index contributed by atoms with van der Waals surface area (Å²) >= 11 is 0. The quantitative estimate of drug-likeness (QED) is 0.697. The Kier molecular flexibility index (Phi) is 4.81. The van der Waals surface area contributed by atoms with E-state index >= 15 is 0 Å². The number of pyridine rings is 1. The van der Waals surface area contributed by atoms with Gasteiger partial charge in [-0.3, -0.25) is 4.79 Å². The number of nitrogens with one attached hydrogen (secondary N) is 1. The molecule has 3 N–H and O–H groups in total. The van der Waals surface area contributed by atoms with E-state index in [4.69, 9.17) is 5.73 Å². The lowest BCUT2D eigenvalue weighted by molar-refractivity contribution is -0.122. The summed E-state index contributed by atoms with van der Waals surface area (Å²) in [6.45, 7) is 5.67. The zero-order valence-electron chi connectivity index (χ0n) is 16.0. The van der Waals surface area contributed by atoms with Crippen LogP contribution in [0.1, 0.15) is 32.7 Å². The first kappa shape index (κ1) is 18.1. The van der Waals surface area contributed by atoms with Gasteiger partial charge in [-0.15, -0.1) is 0 Å². The van der Waals surface area contributed by atoms with Crippen molar-refractivity contribution < 1.29 is 4.79 Å². The summed E-state index contributed by atoms with van der Waals surface area (Å²) in [5, 5.41) is 3.25. The van der Waals surface area contributed by atoms with Gasteiger partial charge in [0.15, 0.2) is 0 Å². The number of carbonyl (C=O) groups excluding carboxylic acids is 1. The molecular weight excluding hydrogens is 356 g/mol. The molecule has 1 saturated heterocycles. The van der Waals surface area contributed by atoms with Gasteiger partial charge < -0.3 is 20.5 Å². The van der Waals surface area contributed by atoms with Crippen molar-refractivity contribution in [1.82, 2.24) is 24.5 Å². The fourth-order valence-electron chi connectivity index (χ4n) is 3.48. The second-order valence-corrected chi connectivity index (χ2v) is 7.33. The van der Waals surface area contributed by atoms with Gasteiger partial charge >= 0.3 is 0 Å². The highest BCUT2D eigenvalue weighted by Crippen LogP contribution is 2.24. The van der Waals surface area contributed by atoms with Crippen LogP contribution in [0.25, 0.3) is 11.0 Å². The Morgan fingerprint density at radius 2 is 2.00 bits per heavy atom. The maximum Gasteiger partial charge on any atom is 0.227 e. The van der Waals surface area contributed by atoms with Crippen LogP contribution in [0.15, 0.2) is 30.9 Å². The molecule has 0 bridgehead atoms. The van der Waals surface area contributed by atoms with Crippen molar-refractivity contribution in [2.24, 2.45) is 11.7 Å². The zero-order chi connectivity index (χ0) is 19.7. The standard InChI is InChI=1S/C19H24N8O/c1-12(2)27-11-23-14-10-22-17(9-15(14)27)24-16-3-6-21-19(25-16)26-7-4-13(5-8-26)18(20)28/h3,6,9-13H,4-5,7-8H2,1-2H3,(H2,20,28)(H,21,22,24,25). The van der Waals surface area contributed by atoms with Gasteiger partial charge in [0.2, 0.25) is 11.9 Å². The third-order valence-electron chi connectivity index (χ3n) is 5.10. The lowest BCUT2D eigenvalue weighted by Crippen LogP contribution is -2.39. The van der Waals surface area contributed by atoms with Crippen molar-refractivity contribution >= 4 is 34.5 Å². The summed E-state index contributed by atoms with van der Waals surface area (Å²) in [5.41, 5.74) is 7.29. The molecule has 1 amide bonds. The van der Waals surface area contributed by atoms with Crippen LogP contribution in [0.2, 0.25) is 0 Å². The van der Waals surface area contributed by atoms with E-state index in [0.29, 0.717) is 23.6 Å². The van der Waals surface area contributed by atoms with Crippen molar-refractivity contribution in [1.29, 1.82) is 0 Å². The SMILES string of the molecule is CC(C)n1cnc2cnc(Nc3ccnc(N4CCC(C(N)=O)CC4)n3)cc21. The van der Waals surface area contributed by atoms with Crippen LogP contribution in [-0.4, -0.2) is 43.5 Å². The number of piperidine rings is 1. The maximum absolute atomic E-state index is 11.3. The second-order valence-electron chi connectivity index (χ2n) is 7.33. The van der Waals surface area contributed by atoms with Gasteiger partial charge in [-0.25, -0.2) is 15.0 Å². The van der Waals surface area contributed by atoms with Crippen LogP contribution in [-0.2, 0) is 4.79 Å². The molecule has 4 heterocycles. The number of nitrogens with two attached hydrogens (primary N) is 1. The van der Waals surface area contributed by atoms with Gasteiger partial charge in [0.05, 0.1) is 18.0 Å². The van der Waals surface area contributed by atoms with Crippen LogP contribution in [0, 0.1) is 5.92 Å². The molecule has 0 atom stereocenters. The molecule has 3 aromatic rings. The number of primary amides is 1. The average molecular weight is 380 g/mol. The third kappa shape index (κ3) is 3.60. The van der Waals surface area contributed by atoms with Gasteiger partial charge in [-0.1, -0.05) is 0 Å². The molecular formula is C19H24N8O. The Morgan fingerprint density at radius 3 is 2.71 bits per heavy atom. The van der Waals surface area contributed by atoms with E-state index in [1.165, 1.54) is 0 Å². The van der Waals surface area contributed by atoms with E-state index in [0.717, 1.165) is 37.0 Å². The fourth-order valence-corrected chi connectivity index (χ4v) is 3.48. The van der Waals surface area contributed by atoms with Crippen LogP contribution >= 0.6 is 0 Å². The highest BCUT2D eigenvalue weighted by Gasteiger charge is 2.24. The molecule has 9 nitrogen and oxygen atoms in total. The number of imidazole rings is 1. The van der Waals surface area contributed by atoms with Crippen LogP contribution in [0.4, 0.5) is 17.6 Å². The molecule has 0 aromatic carbocycles. The number of carbonyl (C=O) groups is 1. The van der Waals surface area contributed by atoms with Crippen LogP contribution in [0.3, 0.4) is 0 Å². The number of amides is 1. The Labute approximate surface area is 163 Å². The highest BCUT2D eigenvalue weighted by atomic mass is 16.1. The number of aromatic nitrogens is 5. The summed E-state index contributed by atoms with van der Waals surface area (Å²) < 4.78 is 2.11. The number of anilines is 3. The van der Waals surface area contributed by atoms with E-state index in [9.17, 15) is 4.79 Å². The first-order chi connectivity index (χ1) is 13.5. The molecule has 0 spiro atoms. The number of hydrogen-bond donors (Lipinski definition) is 2. The van der Waals surface area contributed by atoms with Crippen LogP contribution in [0.5, 0.6) is 0 Å². The molecule has 0 aliphatic carbocycles. The molecule has 1 fully saturated rings. The molecule has 0 unspecified atom stereocenters. The number of nitrogens with zero attached hydrogens (tertiary/aromatic N) is 6. The first-order valence-corrected chi connectivity index (χ1v) is 9.48. The fraction of sp³-hybridized carbons (Fsp3) is 0.421. The summed E-state index contributed by atoms with van der Waals surface area (Å²) in [7, 11) is 0. The van der Waals surface area contributed by atoms with Gasteiger partial charge in [0.1, 0.15) is 17.2 Å². The number of fused-ring (bicyclic) bond motifs is 1. The summed E-state index contributed by atoms with van der Waals surface area (Å²) in [4.78, 5) is 31.2. The summed E-state index contributed by atoms with van der Waals surface area (Å²) in [6, 6.07) is 4.10. The Bertz CT molecular complexity index is 991. The van der Waals surface area contributed by atoms with Crippen LogP contribution < -0.4 is 16.0 Å². The minimum absolute atomic E-state index is 0.0562. The van der Waals surface area contributed by atoms with E-state index in [1.54, 1.807) is 12.4 Å². The molecule has 0 saturated carbocycles. The largest absolute Gasteiger partial charge is 0.369 e. The monoisotopic (exact) mass is 380 g/mol. The van der Waals surface area contributed by atoms with E-state index in [-0.39, 0.29) is 11.8 Å². The molecule has 1 aliphatic rings. The van der Waals surface area contributed by atoms with E-state index < -0.39 is 0 Å². The topological polar surface area (TPSA) is 115 Å². The molecule has 3 aromatic heterocycles. The Balaban J connectivity index is 1.52. The van der Waals surface area contributed by atoms with Crippen molar-refractivity contribution in [3.8, 4) is 0 Å². The summed E-state index contributed by atoms with van der Waals surface area (Å²) in [6.07, 6.45) is 6.77. The minimum Gasteiger partial charge on any atom is -0.369 e. The molecule has 28 heavy (non-hydrogen) atoms. The smallest absolute Gasteiger partial charge is 0.227 e. The lowest BCUT2D eigenvalue weighted by atomic mass is 9.96. The maximum atomic E-state index is 11.3. The third-order valence-corrected chi connectivity index (χ3v) is 5.10. The number of rotatable bonds is 5. The Morgan fingerprint density at radius 1 is 1.21 bits per heavy atom. The van der Waals surface area contributed by atoms with Gasteiger partial charge in [0.25, 0.3) is 0 Å². The van der Waals surface area contributed by atoms with Gasteiger partial charge in [-0.05, 0) is 32.8 Å². The van der Waals surface area contributed by atoms with Gasteiger partial charge in [0, 0.05) is 37.3 Å². The molecule has 146 valence electrons. The average Bonchev–Trinajstić information content (AvgIpc) is 3.12. The minimum atomic E-state index is -0.224. The zero-order valence-corrected chi connectivity index (χ0v) is 16.0.